The van der Waals surface area contributed by atoms with E-state index in [0.29, 0.717) is 148 Å². The number of rotatable bonds is 58. The van der Waals surface area contributed by atoms with Gasteiger partial charge >= 0.3 is 0 Å². The van der Waals surface area contributed by atoms with Gasteiger partial charge in [-0.25, -0.2) is 23.0 Å². The van der Waals surface area contributed by atoms with Gasteiger partial charge in [0.1, 0.15) is 47.2 Å². The molecule has 11 amide bonds. The van der Waals surface area contributed by atoms with Crippen LogP contribution >= 0.6 is 0 Å². The second-order valence-corrected chi connectivity index (χ2v) is 31.9. The zero-order valence-electron chi connectivity index (χ0n) is 70.6. The molecule has 678 valence electrons. The fourth-order valence-corrected chi connectivity index (χ4v) is 13.6. The molecule has 5 rings (SSSR count). The number of hydrogen-bond acceptors (Lipinski definition) is 28. The number of carbonyl (C=O) groups excluding carboxylic acids is 11. The van der Waals surface area contributed by atoms with E-state index in [2.05, 4.69) is 62.2 Å². The van der Waals surface area contributed by atoms with Crippen LogP contribution < -0.4 is 74.5 Å². The summed E-state index contributed by atoms with van der Waals surface area (Å²) in [7, 11) is 2.10. The van der Waals surface area contributed by atoms with Crippen LogP contribution in [0.1, 0.15) is 96.5 Å². The summed E-state index contributed by atoms with van der Waals surface area (Å²) in [5.41, 5.74) is 17.2. The molecule has 1 fully saturated rings. The monoisotopic (exact) mass is 1730 g/mol. The lowest BCUT2D eigenvalue weighted by Gasteiger charge is -2.30. The Labute approximate surface area is 706 Å². The highest BCUT2D eigenvalue weighted by Gasteiger charge is 2.40. The number of carbonyl (C=O) groups is 11. The summed E-state index contributed by atoms with van der Waals surface area (Å²) in [4.78, 5) is 161. The summed E-state index contributed by atoms with van der Waals surface area (Å²) >= 11 is 0. The van der Waals surface area contributed by atoms with E-state index in [4.69, 9.17) is 55.1 Å². The number of halogens is 2. The predicted octanol–water partition coefficient (Wildman–Crippen LogP) is -1.06. The Kier molecular flexibility index (Phi) is 48.9. The van der Waals surface area contributed by atoms with E-state index in [0.717, 1.165) is 12.3 Å². The number of nitrogens with zero attached hydrogens (tertiary/aromatic N) is 7. The molecule has 2 aliphatic heterocycles. The van der Waals surface area contributed by atoms with Gasteiger partial charge in [-0.2, -0.15) is 4.36 Å². The third-order valence-electron chi connectivity index (χ3n) is 18.6. The zero-order chi connectivity index (χ0) is 88.3. The Balaban J connectivity index is 1.02. The van der Waals surface area contributed by atoms with Crippen LogP contribution in [0.4, 0.5) is 20.4 Å². The lowest BCUT2D eigenvalue weighted by Crippen LogP contribution is -2.57. The molecule has 3 aromatic rings. The number of anilines is 2. The van der Waals surface area contributed by atoms with Gasteiger partial charge in [-0.05, 0) is 95.4 Å². The molecule has 2 unspecified atom stereocenters. The van der Waals surface area contributed by atoms with Crippen LogP contribution in [-0.4, -0.2) is 334 Å². The van der Waals surface area contributed by atoms with Crippen molar-refractivity contribution >= 4 is 86.3 Å². The molecule has 3 heterocycles. The summed E-state index contributed by atoms with van der Waals surface area (Å²) in [6.45, 7) is 11.8. The maximum Gasteiger partial charge on any atom is 0.276 e. The van der Waals surface area contributed by atoms with E-state index in [1.54, 1.807) is 44.0 Å². The molecule has 121 heavy (non-hydrogen) atoms. The van der Waals surface area contributed by atoms with Crippen molar-refractivity contribution in [3.05, 3.63) is 59.8 Å². The average Bonchev–Trinajstić information content (AvgIpc) is 1.10. The molecule has 2 aliphatic rings. The van der Waals surface area contributed by atoms with Gasteiger partial charge < -0.3 is 118 Å². The lowest BCUT2D eigenvalue weighted by atomic mass is 10.0. The molecule has 0 saturated carbocycles. The van der Waals surface area contributed by atoms with Crippen molar-refractivity contribution < 1.29 is 104 Å². The molecule has 0 spiro atoms. The summed E-state index contributed by atoms with van der Waals surface area (Å²) in [5, 5.41) is 24.7. The molecule has 42 heteroatoms. The minimum absolute atomic E-state index is 0.0104. The summed E-state index contributed by atoms with van der Waals surface area (Å²) in [5.74, 6) is -8.00. The van der Waals surface area contributed by atoms with E-state index >= 15 is 4.39 Å². The van der Waals surface area contributed by atoms with E-state index in [1.165, 1.54) is 23.3 Å². The van der Waals surface area contributed by atoms with Crippen LogP contribution in [0.15, 0.2) is 47.0 Å². The number of likely N-dealkylation sites (N-methyl/N-ethyl adjacent to an activating group) is 3. The Morgan fingerprint density at radius 1 is 0.620 bits per heavy atom. The number of ether oxygens (including phenoxy) is 8. The lowest BCUT2D eigenvalue weighted by molar-refractivity contribution is -0.143. The van der Waals surface area contributed by atoms with Crippen molar-refractivity contribution in [2.24, 2.45) is 27.5 Å². The molecule has 1 aromatic heterocycles. The molecule has 4 bridgehead atoms. The Hall–Kier alpha value is -9.34. The number of fused-ring (bicyclic) bond motifs is 6. The summed E-state index contributed by atoms with van der Waals surface area (Å²) < 4.78 is 92.1. The summed E-state index contributed by atoms with van der Waals surface area (Å²) in [6.07, 6.45) is 3.22. The topological polar surface area (TPSA) is 516 Å². The van der Waals surface area contributed by atoms with Crippen molar-refractivity contribution in [1.29, 1.82) is 0 Å². The van der Waals surface area contributed by atoms with Gasteiger partial charge in [0.15, 0.2) is 5.82 Å². The highest BCUT2D eigenvalue weighted by molar-refractivity contribution is 7.92. The molecular weight excluding hydrogens is 1610 g/mol. The highest BCUT2D eigenvalue weighted by atomic mass is 32.2. The predicted molar refractivity (Wildman–Crippen MR) is 445 cm³/mol. The Morgan fingerprint density at radius 3 is 1.76 bits per heavy atom. The molecule has 39 nitrogen and oxygen atoms in total. The van der Waals surface area contributed by atoms with Crippen LogP contribution in [0, 0.1) is 17.6 Å². The van der Waals surface area contributed by atoms with Crippen LogP contribution in [0.5, 0.6) is 11.5 Å². The minimum Gasteiger partial charge on any atom is -0.494 e. The van der Waals surface area contributed by atoms with Crippen LogP contribution in [0.25, 0.3) is 11.3 Å². The number of likely N-dealkylation sites (tertiary alicyclic amines) is 1. The molecule has 5 atom stereocenters. The number of nitrogens with two attached hydrogens (primary N) is 3. The number of primary amides is 1. The first-order chi connectivity index (χ1) is 58.0. The molecule has 15 N–H and O–H groups in total. The molecule has 2 aromatic carbocycles. The molecular formula is C79H127F2N19O20S. The zero-order valence-corrected chi connectivity index (χ0v) is 71.4. The number of aromatic nitrogens is 2. The number of nitrogens with one attached hydrogen (secondary N) is 9. The van der Waals surface area contributed by atoms with E-state index in [9.17, 15) is 61.3 Å². The largest absolute Gasteiger partial charge is 0.494 e. The third kappa shape index (κ3) is 42.8. The Morgan fingerprint density at radius 2 is 1.16 bits per heavy atom. The van der Waals surface area contributed by atoms with Crippen molar-refractivity contribution in [3.63, 3.8) is 0 Å². The highest BCUT2D eigenvalue weighted by Crippen LogP contribution is 2.34. The maximum absolute atomic E-state index is 15.3. The van der Waals surface area contributed by atoms with Gasteiger partial charge in [0, 0.05) is 147 Å². The summed E-state index contributed by atoms with van der Waals surface area (Å²) in [6, 6.07) is 3.61. The van der Waals surface area contributed by atoms with Gasteiger partial charge in [-0.3, -0.25) is 57.6 Å². The SMILES string of the molecule is CC(C)[C@H](NC(=O)[C@@H]1CCCN1C(=O)C(CC(N)=O)NC(=O)CN(C)CCN(C)CCN(C)CCNC(=O)CCCC(=O)NC(CCC(=O)NCCNC(=O)CCOCCOCCOCCN)C(=O)NCCNC(=O)CCOCCOCCOCCN)C(=O)N=[S@@](C)(=O)Cc1cc2cc(c1)OCCCCOc1cc(F)ccc1-c1nc(ncc1F)N2. The molecule has 0 aliphatic carbocycles. The van der Waals surface area contributed by atoms with Gasteiger partial charge in [-0.15, -0.1) is 0 Å². The molecule has 1 saturated heterocycles. The maximum atomic E-state index is 15.3. The van der Waals surface area contributed by atoms with E-state index < -0.39 is 105 Å². The third-order valence-corrected chi connectivity index (χ3v) is 20.0. The van der Waals surface area contributed by atoms with Gasteiger partial charge in [-0.1, -0.05) is 13.8 Å². The smallest absolute Gasteiger partial charge is 0.276 e. The van der Waals surface area contributed by atoms with Gasteiger partial charge in [0.2, 0.25) is 65.0 Å². The van der Waals surface area contributed by atoms with E-state index in [1.807, 2.05) is 23.9 Å². The second kappa shape index (κ2) is 57.9. The Bertz CT molecular complexity index is 3890. The quantitative estimate of drug-likeness (QED) is 0.0300. The van der Waals surface area contributed by atoms with Crippen molar-refractivity contribution in [2.75, 3.05) is 217 Å². The minimum atomic E-state index is -3.40. The fraction of sp³-hybridized carbons (Fsp3) is 0.658. The number of benzene rings is 2. The number of amides is 11. The van der Waals surface area contributed by atoms with E-state index in [-0.39, 0.29) is 170 Å². The first-order valence-electron chi connectivity index (χ1n) is 41.0. The van der Waals surface area contributed by atoms with Crippen molar-refractivity contribution in [1.82, 2.24) is 72.1 Å². The fourth-order valence-electron chi connectivity index (χ4n) is 12.2. The van der Waals surface area contributed by atoms with Crippen LogP contribution in [-0.2, 0) is 96.6 Å². The van der Waals surface area contributed by atoms with Gasteiger partial charge in [0.25, 0.3) is 5.91 Å². The van der Waals surface area contributed by atoms with Crippen LogP contribution in [0.2, 0.25) is 0 Å². The first kappa shape index (κ1) is 102. The van der Waals surface area contributed by atoms with Crippen molar-refractivity contribution in [2.45, 2.75) is 121 Å². The number of hydrogen-bond donors (Lipinski definition) is 12. The van der Waals surface area contributed by atoms with Crippen molar-refractivity contribution in [3.8, 4) is 22.8 Å². The van der Waals surface area contributed by atoms with Crippen LogP contribution in [0.3, 0.4) is 0 Å². The second-order valence-electron chi connectivity index (χ2n) is 29.5. The normalized spacial score (nSPS) is 14.6. The van der Waals surface area contributed by atoms with Gasteiger partial charge in [0.05, 0.1) is 127 Å². The first-order valence-corrected chi connectivity index (χ1v) is 43.1. The standard InChI is InChI=1S/C79H127F2N19O20S/c1-55(2)73(77(110)96-121(6,112)54-56-47-58-50-59(48-56)119-33-7-8-34-120-65-49-57(80)14-15-60(65)74-61(81)52-90-79(91-58)95-74)94-76(109)64-11-10-27-100(64)78(111)63(51-66(84)101)93-72(107)53-99(5)32-31-98(4)30-29-97(3)28-26-88-67(102)12-9-13-71(106)92-62(75(108)89-25-24-87-70(105)19-36-114-40-44-118-46-42-116-38-21-83)16-17-68(103)85-22-23-86-69(104)18-35-113-39-43-117-45-41-115-37-20-82/h14-15,47-50,52,55,62-64,73H,7-13,16-46,51,53-54,82-83H2,1-6H3,(H2,84,101)(H,85,103)(H,86,104)(H,87,105)(H,88,102)(H,89,108)(H,92,106)(H,93,107)(H,94,109)(H,90,91,95)/t62?,63?,64-,73-,121-/m0/s1. The average molecular weight is 1730 g/mol. The molecule has 0 radical (unpaired) electrons.